The van der Waals surface area contributed by atoms with Gasteiger partial charge in [-0.1, -0.05) is 18.2 Å². The molecule has 0 aromatic heterocycles. The predicted molar refractivity (Wildman–Crippen MR) is 108 cm³/mol. The van der Waals surface area contributed by atoms with E-state index < -0.39 is 5.72 Å². The van der Waals surface area contributed by atoms with Crippen molar-refractivity contribution in [2.45, 2.75) is 45.9 Å². The molecule has 136 valence electrons. The average Bonchev–Trinajstić information content (AvgIpc) is 2.54. The Balaban J connectivity index is 1.82. The second-order valence-electron chi connectivity index (χ2n) is 7.27. The van der Waals surface area contributed by atoms with Gasteiger partial charge in [0.1, 0.15) is 0 Å². The summed E-state index contributed by atoms with van der Waals surface area (Å²) >= 11 is 5.74. The predicted octanol–water partition coefficient (Wildman–Crippen LogP) is 4.64. The van der Waals surface area contributed by atoms with Gasteiger partial charge in [-0.3, -0.25) is 4.90 Å². The van der Waals surface area contributed by atoms with E-state index in [1.807, 2.05) is 19.1 Å². The molecule has 2 aromatic carbocycles. The number of rotatable bonds is 3. The first-order valence-corrected chi connectivity index (χ1v) is 9.46. The zero-order chi connectivity index (χ0) is 18.5. The molecule has 26 heavy (non-hydrogen) atoms. The van der Waals surface area contributed by atoms with Gasteiger partial charge in [-0.15, -0.1) is 0 Å². The number of thiocarbonyl (C=S) groups is 1. The molecule has 0 unspecified atom stereocenters. The van der Waals surface area contributed by atoms with Gasteiger partial charge in [-0.05, 0) is 69.2 Å². The third kappa shape index (κ3) is 2.71. The Morgan fingerprint density at radius 1 is 1.27 bits per heavy atom. The van der Waals surface area contributed by atoms with Crippen LogP contribution in [0.3, 0.4) is 0 Å². The zero-order valence-electron chi connectivity index (χ0n) is 15.6. The van der Waals surface area contributed by atoms with Gasteiger partial charge in [-0.25, -0.2) is 0 Å². The molecule has 5 heteroatoms. The van der Waals surface area contributed by atoms with E-state index in [0.29, 0.717) is 11.7 Å². The lowest BCUT2D eigenvalue weighted by atomic mass is 9.90. The number of aryl methyl sites for hydroxylation is 2. The van der Waals surface area contributed by atoms with E-state index in [9.17, 15) is 0 Å². The van der Waals surface area contributed by atoms with Crippen molar-refractivity contribution in [3.05, 3.63) is 53.1 Å². The fraction of sp³-hybridized carbons (Fsp3) is 0.381. The highest BCUT2D eigenvalue weighted by atomic mass is 32.1. The molecule has 2 bridgehead atoms. The van der Waals surface area contributed by atoms with E-state index >= 15 is 0 Å². The first-order chi connectivity index (χ1) is 12.4. The molecule has 2 aliphatic heterocycles. The van der Waals surface area contributed by atoms with Gasteiger partial charge in [-0.2, -0.15) is 0 Å². The molecule has 0 amide bonds. The summed E-state index contributed by atoms with van der Waals surface area (Å²) in [4.78, 5) is 2.10. The van der Waals surface area contributed by atoms with Crippen LogP contribution in [0.5, 0.6) is 11.5 Å². The third-order valence-corrected chi connectivity index (χ3v) is 5.33. The van der Waals surface area contributed by atoms with Crippen LogP contribution >= 0.6 is 12.2 Å². The number of benzene rings is 2. The normalized spacial score (nSPS) is 23.8. The minimum Gasteiger partial charge on any atom is -0.490 e. The number of ether oxygens (including phenoxy) is 2. The van der Waals surface area contributed by atoms with Gasteiger partial charge in [0.2, 0.25) is 0 Å². The first-order valence-electron chi connectivity index (χ1n) is 9.05. The van der Waals surface area contributed by atoms with Crippen LogP contribution in [0.25, 0.3) is 0 Å². The molecule has 4 rings (SSSR count). The molecule has 0 spiro atoms. The van der Waals surface area contributed by atoms with Crippen LogP contribution < -0.4 is 19.7 Å². The maximum absolute atomic E-state index is 6.56. The van der Waals surface area contributed by atoms with Gasteiger partial charge in [0, 0.05) is 17.7 Å². The Labute approximate surface area is 160 Å². The SMILES string of the molecule is CCOc1cccc2c1O[C@@]1(C)C[C@H]2NC(=S)N1c1cc(C)cc(C)c1. The minimum absolute atomic E-state index is 0.124. The lowest BCUT2D eigenvalue weighted by Gasteiger charge is -2.52. The van der Waals surface area contributed by atoms with E-state index in [2.05, 4.69) is 55.3 Å². The summed E-state index contributed by atoms with van der Waals surface area (Å²) in [5, 5.41) is 4.20. The number of hydrogen-bond acceptors (Lipinski definition) is 3. The summed E-state index contributed by atoms with van der Waals surface area (Å²) in [5.74, 6) is 1.60. The standard InChI is InChI=1S/C21H24N2O2S/c1-5-24-18-8-6-7-16-17-12-21(4,25-19(16)18)23(20(26)22-17)15-10-13(2)9-14(3)11-15/h6-11,17H,5,12H2,1-4H3,(H,22,26)/t17-,21+/m1/s1. The number of nitrogens with one attached hydrogen (secondary N) is 1. The topological polar surface area (TPSA) is 33.7 Å². The highest BCUT2D eigenvalue weighted by Gasteiger charge is 2.49. The smallest absolute Gasteiger partial charge is 0.188 e. The summed E-state index contributed by atoms with van der Waals surface area (Å²) in [6.07, 6.45) is 0.808. The lowest BCUT2D eigenvalue weighted by Crippen LogP contribution is -2.65. The molecule has 2 atom stereocenters. The van der Waals surface area contributed by atoms with Crippen molar-refractivity contribution in [1.29, 1.82) is 0 Å². The summed E-state index contributed by atoms with van der Waals surface area (Å²) in [6, 6.07) is 12.7. The fourth-order valence-electron chi connectivity index (χ4n) is 4.10. The van der Waals surface area contributed by atoms with Crippen molar-refractivity contribution in [1.82, 2.24) is 5.32 Å². The fourth-order valence-corrected chi connectivity index (χ4v) is 4.54. The summed E-state index contributed by atoms with van der Waals surface area (Å²) in [7, 11) is 0. The maximum atomic E-state index is 6.56. The van der Waals surface area contributed by atoms with Crippen molar-refractivity contribution in [3.8, 4) is 11.5 Å². The van der Waals surface area contributed by atoms with Crippen LogP contribution in [0.2, 0.25) is 0 Å². The molecule has 1 N–H and O–H groups in total. The maximum Gasteiger partial charge on any atom is 0.188 e. The van der Waals surface area contributed by atoms with Crippen LogP contribution in [-0.2, 0) is 0 Å². The van der Waals surface area contributed by atoms with Crippen LogP contribution in [0.1, 0.15) is 43.0 Å². The molecular formula is C21H24N2O2S. The molecule has 2 heterocycles. The van der Waals surface area contributed by atoms with Crippen molar-refractivity contribution in [2.75, 3.05) is 11.5 Å². The number of para-hydroxylation sites is 1. The van der Waals surface area contributed by atoms with Crippen molar-refractivity contribution in [2.24, 2.45) is 0 Å². The average molecular weight is 369 g/mol. The Morgan fingerprint density at radius 2 is 2.00 bits per heavy atom. The molecule has 0 aliphatic carbocycles. The highest BCUT2D eigenvalue weighted by Crippen LogP contribution is 2.49. The van der Waals surface area contributed by atoms with Crippen molar-refractivity contribution < 1.29 is 9.47 Å². The summed E-state index contributed by atoms with van der Waals surface area (Å²) in [5.41, 5.74) is 4.02. The second kappa shape index (κ2) is 6.16. The largest absolute Gasteiger partial charge is 0.490 e. The van der Waals surface area contributed by atoms with E-state index in [1.54, 1.807) is 0 Å². The summed E-state index contributed by atoms with van der Waals surface area (Å²) in [6.45, 7) is 8.91. The Morgan fingerprint density at radius 3 is 2.69 bits per heavy atom. The van der Waals surface area contributed by atoms with Crippen LogP contribution in [0.4, 0.5) is 5.69 Å². The Hall–Kier alpha value is -2.27. The lowest BCUT2D eigenvalue weighted by molar-refractivity contribution is 0.0457. The van der Waals surface area contributed by atoms with Gasteiger partial charge in [0.05, 0.1) is 12.6 Å². The zero-order valence-corrected chi connectivity index (χ0v) is 16.4. The van der Waals surface area contributed by atoms with Gasteiger partial charge >= 0.3 is 0 Å². The molecule has 4 nitrogen and oxygen atoms in total. The molecule has 2 aliphatic rings. The summed E-state index contributed by atoms with van der Waals surface area (Å²) < 4.78 is 12.4. The highest BCUT2D eigenvalue weighted by molar-refractivity contribution is 7.80. The molecule has 1 fully saturated rings. The van der Waals surface area contributed by atoms with Crippen molar-refractivity contribution in [3.63, 3.8) is 0 Å². The number of hydrogen-bond donors (Lipinski definition) is 1. The third-order valence-electron chi connectivity index (χ3n) is 5.03. The molecular weight excluding hydrogens is 344 g/mol. The molecule has 1 saturated heterocycles. The molecule has 0 radical (unpaired) electrons. The van der Waals surface area contributed by atoms with Gasteiger partial charge in [0.15, 0.2) is 22.3 Å². The Bertz CT molecular complexity index is 862. The monoisotopic (exact) mass is 368 g/mol. The number of anilines is 1. The minimum atomic E-state index is -0.562. The second-order valence-corrected chi connectivity index (χ2v) is 7.66. The van der Waals surface area contributed by atoms with Gasteiger partial charge in [0.25, 0.3) is 0 Å². The van der Waals surface area contributed by atoms with Gasteiger partial charge < -0.3 is 14.8 Å². The Kier molecular flexibility index (Phi) is 4.07. The van der Waals surface area contributed by atoms with Crippen LogP contribution in [-0.4, -0.2) is 17.4 Å². The molecule has 2 aromatic rings. The quantitative estimate of drug-likeness (QED) is 0.799. The van der Waals surface area contributed by atoms with Crippen LogP contribution in [0.15, 0.2) is 36.4 Å². The van der Waals surface area contributed by atoms with E-state index in [1.165, 1.54) is 11.1 Å². The number of fused-ring (bicyclic) bond motifs is 4. The van der Waals surface area contributed by atoms with Crippen LogP contribution in [0, 0.1) is 13.8 Å². The number of nitrogens with zero attached hydrogens (tertiary/aromatic N) is 1. The molecule has 0 saturated carbocycles. The van der Waals surface area contributed by atoms with E-state index in [4.69, 9.17) is 21.7 Å². The van der Waals surface area contributed by atoms with E-state index in [0.717, 1.165) is 29.2 Å². The van der Waals surface area contributed by atoms with Crippen molar-refractivity contribution >= 4 is 23.0 Å². The van der Waals surface area contributed by atoms with E-state index in [-0.39, 0.29) is 6.04 Å². The first kappa shape index (κ1) is 17.2.